The molecule has 8 heteroatoms. The highest BCUT2D eigenvalue weighted by molar-refractivity contribution is 5.83. The van der Waals surface area contributed by atoms with Crippen molar-refractivity contribution in [2.45, 2.75) is 32.6 Å². The number of aromatic amines is 1. The van der Waals surface area contributed by atoms with E-state index in [9.17, 15) is 14.9 Å². The van der Waals surface area contributed by atoms with Gasteiger partial charge in [-0.25, -0.2) is 0 Å². The Hall–Kier alpha value is -3.42. The molecule has 148 valence electrons. The molecule has 28 heavy (non-hydrogen) atoms. The molecule has 0 aliphatic carbocycles. The Balaban J connectivity index is 0.000000296. The lowest BCUT2D eigenvalue weighted by Crippen LogP contribution is -2.15. The van der Waals surface area contributed by atoms with Gasteiger partial charge in [0.15, 0.2) is 6.29 Å². The van der Waals surface area contributed by atoms with Crippen molar-refractivity contribution in [3.8, 4) is 0 Å². The monoisotopic (exact) mass is 384 g/mol. The summed E-state index contributed by atoms with van der Waals surface area (Å²) >= 11 is 0. The largest absolute Gasteiger partial charge is 0.358 e. The molecule has 3 aromatic rings. The molecule has 3 rings (SSSR count). The van der Waals surface area contributed by atoms with E-state index in [1.165, 1.54) is 19.3 Å². The zero-order valence-corrected chi connectivity index (χ0v) is 16.4. The Morgan fingerprint density at radius 2 is 1.96 bits per heavy atom. The van der Waals surface area contributed by atoms with Crippen LogP contribution in [0.3, 0.4) is 0 Å². The van der Waals surface area contributed by atoms with Gasteiger partial charge in [0, 0.05) is 52.1 Å². The topological polar surface area (TPSA) is 118 Å². The van der Waals surface area contributed by atoms with Crippen LogP contribution < -0.4 is 0 Å². The van der Waals surface area contributed by atoms with Gasteiger partial charge in [0.1, 0.15) is 0 Å². The lowest BCUT2D eigenvalue weighted by Gasteiger charge is -2.20. The summed E-state index contributed by atoms with van der Waals surface area (Å²) in [5, 5.41) is 13.8. The highest BCUT2D eigenvalue weighted by atomic mass is 16.6. The van der Waals surface area contributed by atoms with E-state index >= 15 is 0 Å². The van der Waals surface area contributed by atoms with Crippen molar-refractivity contribution in [3.63, 3.8) is 0 Å². The molecule has 2 aromatic heterocycles. The van der Waals surface area contributed by atoms with Crippen LogP contribution in [0.15, 0.2) is 54.0 Å². The molecule has 0 unspecified atom stereocenters. The van der Waals surface area contributed by atoms with E-state index in [4.69, 9.17) is 4.91 Å². The van der Waals surface area contributed by atoms with Crippen molar-refractivity contribution in [3.05, 3.63) is 75.1 Å². The second kappa shape index (κ2) is 10.7. The zero-order valence-electron chi connectivity index (χ0n) is 16.4. The fraction of sp³-hybridized carbons (Fsp3) is 0.300. The van der Waals surface area contributed by atoms with E-state index in [-0.39, 0.29) is 16.0 Å². The number of benzene rings is 1. The minimum Gasteiger partial charge on any atom is -0.358 e. The van der Waals surface area contributed by atoms with Gasteiger partial charge in [0.2, 0.25) is 0 Å². The predicted molar refractivity (Wildman–Crippen MR) is 110 cm³/mol. The van der Waals surface area contributed by atoms with E-state index < -0.39 is 0 Å². The second-order valence-corrected chi connectivity index (χ2v) is 6.54. The minimum absolute atomic E-state index is 0.0633. The molecule has 0 atom stereocenters. The standard InChI is InChI=1S/C13H16N2O2.C6H5NO.CH3NO/c1-4-13(2,3)12-8-9-7-10(15(16)17)5-6-11(9)14-12;8-5-6-2-1-3-7-4-6;1-2-3/h5-8,14H,4H2,1-3H3;1-5H;1H3. The number of nitroso groups, excluding NO2 is 1. The van der Waals surface area contributed by atoms with Gasteiger partial charge in [0.25, 0.3) is 5.69 Å². The number of nitrogens with zero attached hydrogens (tertiary/aromatic N) is 3. The molecule has 0 aliphatic rings. The first-order valence-electron chi connectivity index (χ1n) is 8.63. The third-order valence-electron chi connectivity index (χ3n) is 4.25. The van der Waals surface area contributed by atoms with E-state index in [0.29, 0.717) is 5.56 Å². The number of non-ortho nitro benzene ring substituents is 1. The Kier molecular flexibility index (Phi) is 8.61. The molecule has 0 spiro atoms. The number of fused-ring (bicyclic) bond motifs is 1. The van der Waals surface area contributed by atoms with Crippen LogP contribution in [0.1, 0.15) is 43.2 Å². The molecular weight excluding hydrogens is 360 g/mol. The van der Waals surface area contributed by atoms with Gasteiger partial charge in [-0.3, -0.25) is 19.9 Å². The van der Waals surface area contributed by atoms with E-state index in [0.717, 1.165) is 29.3 Å². The lowest BCUT2D eigenvalue weighted by atomic mass is 9.86. The number of hydrogen-bond donors (Lipinski definition) is 1. The van der Waals surface area contributed by atoms with Gasteiger partial charge >= 0.3 is 0 Å². The van der Waals surface area contributed by atoms with Crippen molar-refractivity contribution in [1.29, 1.82) is 0 Å². The summed E-state index contributed by atoms with van der Waals surface area (Å²) in [5.74, 6) is 0. The zero-order chi connectivity index (χ0) is 21.2. The normalized spacial score (nSPS) is 10.1. The van der Waals surface area contributed by atoms with Gasteiger partial charge in [0.05, 0.1) is 12.0 Å². The Labute approximate surface area is 163 Å². The van der Waals surface area contributed by atoms with Crippen LogP contribution in [0, 0.1) is 15.0 Å². The highest BCUT2D eigenvalue weighted by Crippen LogP contribution is 2.30. The van der Waals surface area contributed by atoms with Crippen LogP contribution in [0.5, 0.6) is 0 Å². The summed E-state index contributed by atoms with van der Waals surface area (Å²) < 4.78 is 0. The van der Waals surface area contributed by atoms with E-state index in [1.54, 1.807) is 30.5 Å². The predicted octanol–water partition coefficient (Wildman–Crippen LogP) is 5.04. The third-order valence-corrected chi connectivity index (χ3v) is 4.25. The first-order valence-corrected chi connectivity index (χ1v) is 8.63. The van der Waals surface area contributed by atoms with Crippen LogP contribution in [0.2, 0.25) is 0 Å². The van der Waals surface area contributed by atoms with Gasteiger partial charge in [-0.05, 0) is 30.7 Å². The number of carbonyl (C=O) groups is 1. The Morgan fingerprint density at radius 1 is 1.29 bits per heavy atom. The molecule has 8 nitrogen and oxygen atoms in total. The van der Waals surface area contributed by atoms with Crippen LogP contribution in [0.4, 0.5) is 5.69 Å². The number of nitrogens with one attached hydrogen (secondary N) is 1. The number of nitro benzene ring substituents is 1. The molecule has 0 amide bonds. The first kappa shape index (κ1) is 22.6. The maximum absolute atomic E-state index is 10.7. The minimum atomic E-state index is -0.364. The van der Waals surface area contributed by atoms with Crippen molar-refractivity contribution < 1.29 is 9.72 Å². The molecule has 0 fully saturated rings. The summed E-state index contributed by atoms with van der Waals surface area (Å²) in [5.41, 5.74) is 2.89. The SMILES string of the molecule is CCC(C)(C)c1cc2cc([N+](=O)[O-])ccc2[nH]1.CN=O.O=Cc1cccnc1. The number of aromatic nitrogens is 2. The molecule has 0 saturated heterocycles. The van der Waals surface area contributed by atoms with Gasteiger partial charge in [-0.2, -0.15) is 4.91 Å². The first-order chi connectivity index (χ1) is 13.3. The summed E-state index contributed by atoms with van der Waals surface area (Å²) in [4.78, 5) is 35.9. The van der Waals surface area contributed by atoms with E-state index in [2.05, 4.69) is 35.9 Å². The number of H-pyrrole nitrogens is 1. The lowest BCUT2D eigenvalue weighted by molar-refractivity contribution is -0.384. The molecule has 0 radical (unpaired) electrons. The van der Waals surface area contributed by atoms with Crippen LogP contribution in [-0.2, 0) is 5.41 Å². The summed E-state index contributed by atoms with van der Waals surface area (Å²) in [6, 6.07) is 10.3. The second-order valence-electron chi connectivity index (χ2n) is 6.54. The summed E-state index contributed by atoms with van der Waals surface area (Å²) in [6.45, 7) is 6.45. The molecule has 0 bridgehead atoms. The number of pyridine rings is 1. The van der Waals surface area contributed by atoms with Crippen LogP contribution in [-0.4, -0.2) is 28.2 Å². The summed E-state index contributed by atoms with van der Waals surface area (Å²) in [6.07, 6.45) is 4.94. The summed E-state index contributed by atoms with van der Waals surface area (Å²) in [7, 11) is 1.19. The quantitative estimate of drug-likeness (QED) is 0.292. The number of nitro groups is 1. The van der Waals surface area contributed by atoms with Gasteiger partial charge in [-0.1, -0.05) is 25.9 Å². The number of hydrogen-bond acceptors (Lipinski definition) is 6. The fourth-order valence-electron chi connectivity index (χ4n) is 2.23. The van der Waals surface area contributed by atoms with Gasteiger partial charge in [-0.15, -0.1) is 0 Å². The number of rotatable bonds is 4. The van der Waals surface area contributed by atoms with Gasteiger partial charge < -0.3 is 4.98 Å². The highest BCUT2D eigenvalue weighted by Gasteiger charge is 2.20. The van der Waals surface area contributed by atoms with Crippen molar-refractivity contribution >= 4 is 22.9 Å². The maximum Gasteiger partial charge on any atom is 0.270 e. The average molecular weight is 384 g/mol. The molecule has 1 aromatic carbocycles. The number of carbonyl (C=O) groups excluding carboxylic acids is 1. The van der Waals surface area contributed by atoms with Crippen LogP contribution in [0.25, 0.3) is 10.9 Å². The van der Waals surface area contributed by atoms with E-state index in [1.807, 2.05) is 6.07 Å². The average Bonchev–Trinajstić information content (AvgIpc) is 3.14. The molecular formula is C20H24N4O4. The Bertz CT molecular complexity index is 920. The molecule has 2 heterocycles. The van der Waals surface area contributed by atoms with Crippen molar-refractivity contribution in [1.82, 2.24) is 9.97 Å². The smallest absolute Gasteiger partial charge is 0.270 e. The molecule has 1 N–H and O–H groups in total. The maximum atomic E-state index is 10.7. The number of aldehydes is 1. The van der Waals surface area contributed by atoms with Crippen LogP contribution >= 0.6 is 0 Å². The van der Waals surface area contributed by atoms with Crippen molar-refractivity contribution in [2.75, 3.05) is 7.05 Å². The molecule has 0 aliphatic heterocycles. The Morgan fingerprint density at radius 3 is 2.43 bits per heavy atom. The third kappa shape index (κ3) is 6.39. The molecule has 0 saturated carbocycles. The van der Waals surface area contributed by atoms with Crippen molar-refractivity contribution in [2.24, 2.45) is 5.18 Å². The fourth-order valence-corrected chi connectivity index (χ4v) is 2.23.